The van der Waals surface area contributed by atoms with Gasteiger partial charge in [-0.1, -0.05) is 25.1 Å². The van der Waals surface area contributed by atoms with Gasteiger partial charge < -0.3 is 9.80 Å². The van der Waals surface area contributed by atoms with Crippen molar-refractivity contribution >= 4 is 17.4 Å². The molecule has 0 radical (unpaired) electrons. The van der Waals surface area contributed by atoms with Gasteiger partial charge in [-0.2, -0.15) is 4.52 Å². The summed E-state index contributed by atoms with van der Waals surface area (Å²) in [7, 11) is 0. The molecule has 2 unspecified atom stereocenters. The molecule has 2 saturated heterocycles. The highest BCUT2D eigenvalue weighted by Crippen LogP contribution is 2.34. The van der Waals surface area contributed by atoms with Gasteiger partial charge in [-0.3, -0.25) is 4.79 Å². The Morgan fingerprint density at radius 3 is 2.44 bits per heavy atom. The highest BCUT2D eigenvalue weighted by atomic mass is 16.2. The molecular weight excluding hydrogens is 340 g/mol. The van der Waals surface area contributed by atoms with Crippen LogP contribution >= 0.6 is 0 Å². The Morgan fingerprint density at radius 2 is 1.74 bits per heavy atom. The van der Waals surface area contributed by atoms with E-state index in [2.05, 4.69) is 22.0 Å². The lowest BCUT2D eigenvalue weighted by Crippen LogP contribution is -2.33. The van der Waals surface area contributed by atoms with Gasteiger partial charge in [0.25, 0.3) is 5.91 Å². The van der Waals surface area contributed by atoms with Crippen LogP contribution < -0.4 is 4.90 Å². The highest BCUT2D eigenvalue weighted by molar-refractivity contribution is 5.94. The number of hydrogen-bond acceptors (Lipinski definition) is 5. The summed E-state index contributed by atoms with van der Waals surface area (Å²) in [5.41, 5.74) is 1.57. The Kier molecular flexibility index (Phi) is 3.81. The van der Waals surface area contributed by atoms with Gasteiger partial charge in [-0.25, -0.2) is 0 Å². The molecule has 0 aliphatic carbocycles. The Labute approximate surface area is 157 Å². The first-order valence-electron chi connectivity index (χ1n) is 9.53. The zero-order chi connectivity index (χ0) is 18.4. The number of fused-ring (bicyclic) bond motifs is 2. The van der Waals surface area contributed by atoms with Crippen molar-refractivity contribution in [2.24, 2.45) is 11.8 Å². The van der Waals surface area contributed by atoms with Crippen molar-refractivity contribution in [3.63, 3.8) is 0 Å². The summed E-state index contributed by atoms with van der Waals surface area (Å²) in [6, 6.07) is 13.6. The molecule has 27 heavy (non-hydrogen) atoms. The number of likely N-dealkylation sites (tertiary alicyclic amines) is 1. The van der Waals surface area contributed by atoms with Crippen molar-refractivity contribution in [3.05, 3.63) is 53.9 Å². The smallest absolute Gasteiger partial charge is 0.253 e. The molecule has 1 aromatic carbocycles. The van der Waals surface area contributed by atoms with E-state index >= 15 is 0 Å². The van der Waals surface area contributed by atoms with Crippen LogP contribution in [0.3, 0.4) is 0 Å². The molecule has 0 bridgehead atoms. The van der Waals surface area contributed by atoms with Gasteiger partial charge in [0.15, 0.2) is 11.5 Å². The third-order valence-corrected chi connectivity index (χ3v) is 5.75. The van der Waals surface area contributed by atoms with E-state index in [4.69, 9.17) is 5.10 Å². The topological polar surface area (TPSA) is 66.6 Å². The summed E-state index contributed by atoms with van der Waals surface area (Å²) in [5, 5.41) is 13.1. The number of aromatic nitrogens is 4. The average Bonchev–Trinajstić information content (AvgIpc) is 3.40. The number of hydrogen-bond donors (Lipinski definition) is 0. The van der Waals surface area contributed by atoms with E-state index in [-0.39, 0.29) is 5.91 Å². The molecule has 0 saturated carbocycles. The molecular formula is C20H22N6O. The summed E-state index contributed by atoms with van der Waals surface area (Å²) in [5.74, 6) is 3.00. The van der Waals surface area contributed by atoms with Crippen molar-refractivity contribution in [3.8, 4) is 0 Å². The van der Waals surface area contributed by atoms with Crippen LogP contribution in [0, 0.1) is 11.8 Å². The Bertz CT molecular complexity index is 971. The second-order valence-corrected chi connectivity index (χ2v) is 7.43. The minimum Gasteiger partial charge on any atom is -0.354 e. The number of aryl methyl sites for hydroxylation is 1. The average molecular weight is 362 g/mol. The maximum atomic E-state index is 12.7. The van der Waals surface area contributed by atoms with Gasteiger partial charge in [0.05, 0.1) is 0 Å². The first kappa shape index (κ1) is 16.2. The van der Waals surface area contributed by atoms with Crippen molar-refractivity contribution < 1.29 is 4.79 Å². The first-order chi connectivity index (χ1) is 13.2. The van der Waals surface area contributed by atoms with Crippen LogP contribution in [0.4, 0.5) is 5.82 Å². The lowest BCUT2D eigenvalue weighted by atomic mass is 10.0. The number of nitrogens with zero attached hydrogens (tertiary/aromatic N) is 6. The van der Waals surface area contributed by atoms with Crippen molar-refractivity contribution in [2.75, 3.05) is 31.1 Å². The molecule has 7 heteroatoms. The van der Waals surface area contributed by atoms with E-state index in [1.807, 2.05) is 51.9 Å². The summed E-state index contributed by atoms with van der Waals surface area (Å²) in [6.07, 6.45) is 0.805. The first-order valence-corrected chi connectivity index (χ1v) is 9.53. The van der Waals surface area contributed by atoms with Crippen LogP contribution in [0.25, 0.3) is 5.65 Å². The van der Waals surface area contributed by atoms with Crippen molar-refractivity contribution in [2.45, 2.75) is 13.3 Å². The molecule has 0 N–H and O–H groups in total. The van der Waals surface area contributed by atoms with Crippen LogP contribution in [0.15, 0.2) is 42.5 Å². The molecule has 138 valence electrons. The lowest BCUT2D eigenvalue weighted by molar-refractivity contribution is 0.0782. The summed E-state index contributed by atoms with van der Waals surface area (Å²) >= 11 is 0. The van der Waals surface area contributed by atoms with Crippen molar-refractivity contribution in [1.29, 1.82) is 0 Å². The number of anilines is 1. The van der Waals surface area contributed by atoms with Gasteiger partial charge >= 0.3 is 0 Å². The lowest BCUT2D eigenvalue weighted by Gasteiger charge is -2.22. The summed E-state index contributed by atoms with van der Waals surface area (Å²) < 4.78 is 1.84. The summed E-state index contributed by atoms with van der Waals surface area (Å²) in [4.78, 5) is 17.0. The minimum absolute atomic E-state index is 0.146. The zero-order valence-electron chi connectivity index (χ0n) is 15.3. The van der Waals surface area contributed by atoms with Gasteiger partial charge in [-0.05, 0) is 24.3 Å². The van der Waals surface area contributed by atoms with Crippen LogP contribution in [0.5, 0.6) is 0 Å². The van der Waals surface area contributed by atoms with Crippen molar-refractivity contribution in [1.82, 2.24) is 24.7 Å². The van der Waals surface area contributed by atoms with Gasteiger partial charge in [0, 0.05) is 50.0 Å². The van der Waals surface area contributed by atoms with E-state index in [9.17, 15) is 4.79 Å². The van der Waals surface area contributed by atoms with E-state index in [0.29, 0.717) is 11.8 Å². The highest BCUT2D eigenvalue weighted by Gasteiger charge is 2.42. The number of carbonyl (C=O) groups excluding carboxylic acids is 1. The number of rotatable bonds is 3. The fraction of sp³-hybridized carbons (Fsp3) is 0.400. The molecule has 2 aliphatic heterocycles. The monoisotopic (exact) mass is 362 g/mol. The van der Waals surface area contributed by atoms with Gasteiger partial charge in [0.2, 0.25) is 0 Å². The molecule has 7 nitrogen and oxygen atoms in total. The van der Waals surface area contributed by atoms with Gasteiger partial charge in [0.1, 0.15) is 5.82 Å². The van der Waals surface area contributed by atoms with Crippen LogP contribution in [0.1, 0.15) is 23.1 Å². The second-order valence-electron chi connectivity index (χ2n) is 7.43. The fourth-order valence-corrected chi connectivity index (χ4v) is 4.32. The number of carbonyl (C=O) groups is 1. The molecule has 2 fully saturated rings. The number of benzene rings is 1. The molecule has 3 aromatic rings. The predicted octanol–water partition coefficient (Wildman–Crippen LogP) is 1.90. The molecule has 5 rings (SSSR count). The van der Waals surface area contributed by atoms with Gasteiger partial charge in [-0.15, -0.1) is 15.3 Å². The van der Waals surface area contributed by atoms with Crippen LogP contribution in [-0.2, 0) is 6.42 Å². The maximum Gasteiger partial charge on any atom is 0.253 e. The number of amides is 1. The molecule has 2 atom stereocenters. The second kappa shape index (κ2) is 6.33. The predicted molar refractivity (Wildman–Crippen MR) is 102 cm³/mol. The Hall–Kier alpha value is -2.96. The quantitative estimate of drug-likeness (QED) is 0.712. The largest absolute Gasteiger partial charge is 0.354 e. The third-order valence-electron chi connectivity index (χ3n) is 5.75. The van der Waals surface area contributed by atoms with E-state index < -0.39 is 0 Å². The van der Waals surface area contributed by atoms with E-state index in [1.54, 1.807) is 0 Å². The fourth-order valence-electron chi connectivity index (χ4n) is 4.32. The zero-order valence-corrected chi connectivity index (χ0v) is 15.3. The van der Waals surface area contributed by atoms with Crippen LogP contribution in [0.2, 0.25) is 0 Å². The Morgan fingerprint density at radius 1 is 1.00 bits per heavy atom. The molecule has 1 amide bonds. The maximum absolute atomic E-state index is 12.7. The molecule has 2 aliphatic rings. The van der Waals surface area contributed by atoms with Crippen LogP contribution in [-0.4, -0.2) is 56.8 Å². The Balaban J connectivity index is 1.30. The SMILES string of the molecule is CCc1nnc2ccc(N3CC4CN(C(=O)c5ccccc5)CC4C3)nn12. The molecule has 0 spiro atoms. The summed E-state index contributed by atoms with van der Waals surface area (Å²) in [6.45, 7) is 5.58. The third kappa shape index (κ3) is 2.74. The molecule has 4 heterocycles. The standard InChI is InChI=1S/C20H22N6O/c1-2-17-21-22-18-8-9-19(23-26(17)18)24-10-15-12-25(13-16(15)11-24)20(27)14-6-4-3-5-7-14/h3-9,15-16H,2,10-13H2,1H3. The molecule has 2 aromatic heterocycles. The van der Waals surface area contributed by atoms with E-state index in [0.717, 1.165) is 55.5 Å². The minimum atomic E-state index is 0.146. The normalized spacial score (nSPS) is 21.8. The van der Waals surface area contributed by atoms with E-state index in [1.165, 1.54) is 0 Å².